The minimum absolute atomic E-state index is 0.0440. The van der Waals surface area contributed by atoms with E-state index in [1.807, 2.05) is 7.05 Å². The van der Waals surface area contributed by atoms with Crippen molar-refractivity contribution in [2.75, 3.05) is 14.1 Å². The molecule has 1 atom stereocenters. The third-order valence-electron chi connectivity index (χ3n) is 3.16. The molecule has 0 aromatic carbocycles. The van der Waals surface area contributed by atoms with Crippen LogP contribution in [0.2, 0.25) is 0 Å². The van der Waals surface area contributed by atoms with Crippen LogP contribution in [0.1, 0.15) is 29.1 Å². The second-order valence-corrected chi connectivity index (χ2v) is 4.76. The van der Waals surface area contributed by atoms with Gasteiger partial charge in [-0.05, 0) is 14.0 Å². The van der Waals surface area contributed by atoms with Gasteiger partial charge in [-0.2, -0.15) is 4.98 Å². The van der Waals surface area contributed by atoms with Gasteiger partial charge < -0.3 is 9.84 Å². The lowest BCUT2D eigenvalue weighted by Gasteiger charge is -2.22. The molecule has 0 aliphatic heterocycles. The van der Waals surface area contributed by atoms with Gasteiger partial charge in [0.15, 0.2) is 0 Å². The highest BCUT2D eigenvalue weighted by Gasteiger charge is 2.17. The molecule has 8 nitrogen and oxygen atoms in total. The summed E-state index contributed by atoms with van der Waals surface area (Å²) in [6.45, 7) is 2.54. The van der Waals surface area contributed by atoms with Gasteiger partial charge in [0.05, 0.1) is 12.2 Å². The molecule has 0 aliphatic rings. The molecule has 0 aliphatic carbocycles. The van der Waals surface area contributed by atoms with Gasteiger partial charge in [0, 0.05) is 38.1 Å². The Balaban J connectivity index is 1.92. The van der Waals surface area contributed by atoms with E-state index in [0.717, 1.165) is 12.1 Å². The zero-order valence-corrected chi connectivity index (χ0v) is 12.3. The Morgan fingerprint density at radius 3 is 2.95 bits per heavy atom. The molecular weight excluding hydrogens is 272 g/mol. The first-order valence-corrected chi connectivity index (χ1v) is 6.60. The smallest absolute Gasteiger partial charge is 0.292 e. The van der Waals surface area contributed by atoms with E-state index < -0.39 is 0 Å². The van der Waals surface area contributed by atoms with Crippen molar-refractivity contribution in [3.05, 3.63) is 36.0 Å². The lowest BCUT2D eigenvalue weighted by atomic mass is 10.1. The predicted molar refractivity (Wildman–Crippen MR) is 74.4 cm³/mol. The summed E-state index contributed by atoms with van der Waals surface area (Å²) in [5.41, 5.74) is 0.924. The van der Waals surface area contributed by atoms with Crippen LogP contribution in [0.3, 0.4) is 0 Å². The van der Waals surface area contributed by atoms with E-state index in [-0.39, 0.29) is 17.8 Å². The predicted octanol–water partition coefficient (Wildman–Crippen LogP) is 0.282. The third kappa shape index (κ3) is 4.06. The van der Waals surface area contributed by atoms with Crippen LogP contribution in [0.4, 0.5) is 0 Å². The lowest BCUT2D eigenvalue weighted by molar-refractivity contribution is 0.0950. The Morgan fingerprint density at radius 1 is 1.48 bits per heavy atom. The van der Waals surface area contributed by atoms with E-state index in [4.69, 9.17) is 4.52 Å². The molecule has 2 heterocycles. The molecule has 2 aromatic rings. The standard InChI is InChI=1S/C13H18N6O2/c1-9(6-10-7-15-4-5-16-10)19(3)8-11-17-12(18-21-11)13(20)14-2/h4-5,7,9H,6,8H2,1-3H3,(H,14,20)/t9-/m0/s1. The maximum absolute atomic E-state index is 11.4. The fraction of sp³-hybridized carbons (Fsp3) is 0.462. The van der Waals surface area contributed by atoms with Gasteiger partial charge in [-0.1, -0.05) is 5.16 Å². The molecular formula is C13H18N6O2. The van der Waals surface area contributed by atoms with Crippen LogP contribution in [-0.2, 0) is 13.0 Å². The monoisotopic (exact) mass is 290 g/mol. The topological polar surface area (TPSA) is 97.0 Å². The summed E-state index contributed by atoms with van der Waals surface area (Å²) in [5.74, 6) is 0.0878. The molecule has 2 rings (SSSR count). The minimum atomic E-state index is -0.361. The zero-order chi connectivity index (χ0) is 15.2. The van der Waals surface area contributed by atoms with Gasteiger partial charge >= 0.3 is 0 Å². The minimum Gasteiger partial charge on any atom is -0.352 e. The maximum atomic E-state index is 11.4. The Kier molecular flexibility index (Phi) is 4.94. The highest BCUT2D eigenvalue weighted by molar-refractivity contribution is 5.89. The van der Waals surface area contributed by atoms with Crippen molar-refractivity contribution in [1.29, 1.82) is 0 Å². The summed E-state index contributed by atoms with van der Waals surface area (Å²) in [6, 6.07) is 0.219. The largest absolute Gasteiger partial charge is 0.352 e. The number of nitrogens with one attached hydrogen (secondary N) is 1. The molecule has 0 bridgehead atoms. The molecule has 0 spiro atoms. The molecule has 1 amide bonds. The number of carbonyl (C=O) groups is 1. The van der Waals surface area contributed by atoms with E-state index in [9.17, 15) is 4.79 Å². The average Bonchev–Trinajstić information content (AvgIpc) is 2.96. The van der Waals surface area contributed by atoms with Crippen molar-refractivity contribution in [1.82, 2.24) is 30.3 Å². The van der Waals surface area contributed by atoms with Crippen molar-refractivity contribution in [3.8, 4) is 0 Å². The Labute approximate surface area is 122 Å². The molecule has 0 radical (unpaired) electrons. The number of carbonyl (C=O) groups excluding carboxylic acids is 1. The van der Waals surface area contributed by atoms with Crippen LogP contribution in [0.25, 0.3) is 0 Å². The summed E-state index contributed by atoms with van der Waals surface area (Å²) in [7, 11) is 3.47. The summed E-state index contributed by atoms with van der Waals surface area (Å²) in [6.07, 6.45) is 5.84. The van der Waals surface area contributed by atoms with Gasteiger partial charge in [-0.25, -0.2) is 0 Å². The Bertz CT molecular complexity index is 585. The summed E-state index contributed by atoms with van der Waals surface area (Å²) in [4.78, 5) is 25.8. The van der Waals surface area contributed by atoms with E-state index in [1.54, 1.807) is 18.6 Å². The van der Waals surface area contributed by atoms with Crippen LogP contribution >= 0.6 is 0 Å². The molecule has 2 aromatic heterocycles. The quantitative estimate of drug-likeness (QED) is 0.816. The molecule has 1 N–H and O–H groups in total. The normalized spacial score (nSPS) is 12.4. The Morgan fingerprint density at radius 2 is 2.29 bits per heavy atom. The first kappa shape index (κ1) is 15.0. The zero-order valence-electron chi connectivity index (χ0n) is 12.3. The second kappa shape index (κ2) is 6.89. The molecule has 112 valence electrons. The second-order valence-electron chi connectivity index (χ2n) is 4.76. The lowest BCUT2D eigenvalue weighted by Crippen LogP contribution is -2.31. The molecule has 0 saturated heterocycles. The number of hydrogen-bond acceptors (Lipinski definition) is 7. The molecule has 21 heavy (non-hydrogen) atoms. The fourth-order valence-corrected chi connectivity index (χ4v) is 1.79. The van der Waals surface area contributed by atoms with Crippen LogP contribution in [-0.4, -0.2) is 51.1 Å². The number of amides is 1. The highest BCUT2D eigenvalue weighted by atomic mass is 16.5. The number of aromatic nitrogens is 4. The summed E-state index contributed by atoms with van der Waals surface area (Å²) >= 11 is 0. The summed E-state index contributed by atoms with van der Waals surface area (Å²) in [5, 5.41) is 6.09. The van der Waals surface area contributed by atoms with Crippen LogP contribution < -0.4 is 5.32 Å². The number of likely N-dealkylation sites (N-methyl/N-ethyl adjacent to an activating group) is 1. The van der Waals surface area contributed by atoms with E-state index in [0.29, 0.717) is 12.4 Å². The van der Waals surface area contributed by atoms with Crippen molar-refractivity contribution in [3.63, 3.8) is 0 Å². The van der Waals surface area contributed by atoms with Crippen molar-refractivity contribution >= 4 is 5.91 Å². The fourth-order valence-electron chi connectivity index (χ4n) is 1.79. The molecule has 0 saturated carbocycles. The first-order valence-electron chi connectivity index (χ1n) is 6.60. The molecule has 0 fully saturated rings. The molecule has 8 heteroatoms. The number of hydrogen-bond donors (Lipinski definition) is 1. The number of nitrogens with zero attached hydrogens (tertiary/aromatic N) is 5. The Hall–Kier alpha value is -2.35. The first-order chi connectivity index (χ1) is 10.1. The number of rotatable bonds is 6. The van der Waals surface area contributed by atoms with Gasteiger partial charge in [0.2, 0.25) is 5.89 Å². The average molecular weight is 290 g/mol. The third-order valence-corrected chi connectivity index (χ3v) is 3.16. The maximum Gasteiger partial charge on any atom is 0.292 e. The summed E-state index contributed by atoms with van der Waals surface area (Å²) < 4.78 is 5.07. The van der Waals surface area contributed by atoms with Gasteiger partial charge in [0.25, 0.3) is 11.7 Å². The SMILES string of the molecule is CNC(=O)c1noc(CN(C)[C@@H](C)Cc2cnccn2)n1. The van der Waals surface area contributed by atoms with Crippen LogP contribution in [0, 0.1) is 0 Å². The van der Waals surface area contributed by atoms with E-state index in [1.165, 1.54) is 7.05 Å². The van der Waals surface area contributed by atoms with Gasteiger partial charge in [-0.15, -0.1) is 0 Å². The van der Waals surface area contributed by atoms with Gasteiger partial charge in [0.1, 0.15) is 0 Å². The van der Waals surface area contributed by atoms with Crippen molar-refractivity contribution < 1.29 is 9.32 Å². The van der Waals surface area contributed by atoms with Crippen LogP contribution in [0.5, 0.6) is 0 Å². The van der Waals surface area contributed by atoms with Crippen LogP contribution in [0.15, 0.2) is 23.1 Å². The molecule has 0 unspecified atom stereocenters. The van der Waals surface area contributed by atoms with Gasteiger partial charge in [-0.3, -0.25) is 19.7 Å². The van der Waals surface area contributed by atoms with Crippen molar-refractivity contribution in [2.24, 2.45) is 0 Å². The van der Waals surface area contributed by atoms with E-state index in [2.05, 4.69) is 37.2 Å². The van der Waals surface area contributed by atoms with E-state index >= 15 is 0 Å². The van der Waals surface area contributed by atoms with Crippen molar-refractivity contribution in [2.45, 2.75) is 25.9 Å². The highest BCUT2D eigenvalue weighted by Crippen LogP contribution is 2.08.